The normalized spacial score (nSPS) is 17.7. The standard InChI is InChI=1S/C13H18N4O2/c1-13(2,3)19-12(18)15-8-9-4-5-17-11(9)6-10(7-14)16-17/h6,9H,4-5,8H2,1-3H3,(H,15,18). The molecule has 1 unspecified atom stereocenters. The van der Waals surface area contributed by atoms with Gasteiger partial charge in [0.1, 0.15) is 11.7 Å². The Bertz CT molecular complexity index is 522. The molecule has 6 heteroatoms. The van der Waals surface area contributed by atoms with Crippen molar-refractivity contribution in [3.8, 4) is 6.07 Å². The first kappa shape index (κ1) is 13.4. The predicted octanol–water partition coefficient (Wildman–Crippen LogP) is 1.77. The minimum Gasteiger partial charge on any atom is -0.444 e. The first-order valence-electron chi connectivity index (χ1n) is 6.34. The number of ether oxygens (including phenoxy) is 1. The van der Waals surface area contributed by atoms with Gasteiger partial charge in [-0.05, 0) is 33.3 Å². The van der Waals surface area contributed by atoms with Crippen LogP contribution in [0.2, 0.25) is 0 Å². The molecule has 19 heavy (non-hydrogen) atoms. The molecule has 0 saturated heterocycles. The second-order valence-electron chi connectivity index (χ2n) is 5.66. The van der Waals surface area contributed by atoms with Gasteiger partial charge >= 0.3 is 6.09 Å². The number of rotatable bonds is 2. The molecule has 0 radical (unpaired) electrons. The molecule has 0 spiro atoms. The largest absolute Gasteiger partial charge is 0.444 e. The minimum atomic E-state index is -0.491. The number of carbonyl (C=O) groups excluding carboxylic acids is 1. The van der Waals surface area contributed by atoms with Crippen molar-refractivity contribution in [2.75, 3.05) is 6.54 Å². The van der Waals surface area contributed by atoms with Crippen LogP contribution in [0.5, 0.6) is 0 Å². The minimum absolute atomic E-state index is 0.196. The third-order valence-corrected chi connectivity index (χ3v) is 2.92. The summed E-state index contributed by atoms with van der Waals surface area (Å²) >= 11 is 0. The van der Waals surface area contributed by atoms with E-state index in [0.717, 1.165) is 18.7 Å². The fourth-order valence-electron chi connectivity index (χ4n) is 2.15. The van der Waals surface area contributed by atoms with Crippen LogP contribution in [-0.4, -0.2) is 28.0 Å². The second kappa shape index (κ2) is 4.92. The topological polar surface area (TPSA) is 79.9 Å². The summed E-state index contributed by atoms with van der Waals surface area (Å²) in [5, 5.41) is 15.7. The highest BCUT2D eigenvalue weighted by atomic mass is 16.6. The number of carbonyl (C=O) groups is 1. The van der Waals surface area contributed by atoms with Gasteiger partial charge in [0, 0.05) is 24.7 Å². The fourth-order valence-corrected chi connectivity index (χ4v) is 2.15. The number of nitriles is 1. The first-order chi connectivity index (χ1) is 8.89. The fraction of sp³-hybridized carbons (Fsp3) is 0.615. The maximum atomic E-state index is 11.6. The van der Waals surface area contributed by atoms with E-state index in [1.165, 1.54) is 0 Å². The van der Waals surface area contributed by atoms with Gasteiger partial charge in [-0.1, -0.05) is 0 Å². The zero-order chi connectivity index (χ0) is 14.0. The lowest BCUT2D eigenvalue weighted by Gasteiger charge is -2.20. The number of aryl methyl sites for hydroxylation is 1. The molecule has 2 rings (SSSR count). The Morgan fingerprint density at radius 3 is 3.05 bits per heavy atom. The lowest BCUT2D eigenvalue weighted by atomic mass is 10.0. The summed E-state index contributed by atoms with van der Waals surface area (Å²) < 4.78 is 7.02. The average molecular weight is 262 g/mol. The first-order valence-corrected chi connectivity index (χ1v) is 6.34. The van der Waals surface area contributed by atoms with Gasteiger partial charge < -0.3 is 10.1 Å². The van der Waals surface area contributed by atoms with Crippen LogP contribution in [0.25, 0.3) is 0 Å². The number of amides is 1. The number of alkyl carbamates (subject to hydrolysis) is 1. The molecule has 1 amide bonds. The van der Waals surface area contributed by atoms with E-state index in [1.807, 2.05) is 31.5 Å². The summed E-state index contributed by atoms with van der Waals surface area (Å²) in [6.07, 6.45) is 0.509. The van der Waals surface area contributed by atoms with Gasteiger partial charge in [0.05, 0.1) is 0 Å². The summed E-state index contributed by atoms with van der Waals surface area (Å²) in [6, 6.07) is 3.82. The number of hydrogen-bond acceptors (Lipinski definition) is 4. The number of hydrogen-bond donors (Lipinski definition) is 1. The van der Waals surface area contributed by atoms with Crippen LogP contribution in [0.3, 0.4) is 0 Å². The smallest absolute Gasteiger partial charge is 0.407 e. The summed E-state index contributed by atoms with van der Waals surface area (Å²) in [5.74, 6) is 0.196. The third-order valence-electron chi connectivity index (χ3n) is 2.92. The molecule has 6 nitrogen and oxygen atoms in total. The Kier molecular flexibility index (Phi) is 3.47. The second-order valence-corrected chi connectivity index (χ2v) is 5.66. The summed E-state index contributed by atoms with van der Waals surface area (Å²) in [5.41, 5.74) is 0.944. The summed E-state index contributed by atoms with van der Waals surface area (Å²) in [7, 11) is 0. The van der Waals surface area contributed by atoms with Gasteiger partial charge in [-0.3, -0.25) is 4.68 Å². The number of aromatic nitrogens is 2. The van der Waals surface area contributed by atoms with Crippen molar-refractivity contribution in [3.63, 3.8) is 0 Å². The van der Waals surface area contributed by atoms with Crippen LogP contribution in [0.4, 0.5) is 4.79 Å². The Morgan fingerprint density at radius 1 is 1.68 bits per heavy atom. The zero-order valence-corrected chi connectivity index (χ0v) is 11.4. The van der Waals surface area contributed by atoms with Crippen LogP contribution >= 0.6 is 0 Å². The monoisotopic (exact) mass is 262 g/mol. The van der Waals surface area contributed by atoms with Crippen LogP contribution < -0.4 is 5.32 Å². The van der Waals surface area contributed by atoms with E-state index in [0.29, 0.717) is 12.2 Å². The van der Waals surface area contributed by atoms with Gasteiger partial charge in [-0.25, -0.2) is 4.79 Å². The molecule has 1 aromatic rings. The maximum absolute atomic E-state index is 11.6. The van der Waals surface area contributed by atoms with Crippen molar-refractivity contribution in [1.82, 2.24) is 15.1 Å². The number of nitrogens with zero attached hydrogens (tertiary/aromatic N) is 3. The molecular weight excluding hydrogens is 244 g/mol. The predicted molar refractivity (Wildman–Crippen MR) is 68.5 cm³/mol. The summed E-state index contributed by atoms with van der Waals surface area (Å²) in [6.45, 7) is 6.78. The molecule has 0 aliphatic carbocycles. The molecule has 1 aliphatic rings. The van der Waals surface area contributed by atoms with E-state index in [1.54, 1.807) is 6.07 Å². The highest BCUT2D eigenvalue weighted by Gasteiger charge is 2.26. The average Bonchev–Trinajstić information content (AvgIpc) is 2.83. The molecule has 2 heterocycles. The van der Waals surface area contributed by atoms with Crippen molar-refractivity contribution in [2.45, 2.75) is 45.3 Å². The van der Waals surface area contributed by atoms with Crippen molar-refractivity contribution in [2.24, 2.45) is 0 Å². The van der Waals surface area contributed by atoms with Crippen molar-refractivity contribution in [3.05, 3.63) is 17.5 Å². The molecule has 0 saturated carbocycles. The zero-order valence-electron chi connectivity index (χ0n) is 11.4. The van der Waals surface area contributed by atoms with Crippen LogP contribution in [0, 0.1) is 11.3 Å². The maximum Gasteiger partial charge on any atom is 0.407 e. The molecule has 1 aliphatic heterocycles. The molecule has 0 bridgehead atoms. The molecule has 1 N–H and O–H groups in total. The van der Waals surface area contributed by atoms with Crippen molar-refractivity contribution in [1.29, 1.82) is 5.26 Å². The van der Waals surface area contributed by atoms with Crippen molar-refractivity contribution < 1.29 is 9.53 Å². The molecule has 1 aromatic heterocycles. The van der Waals surface area contributed by atoms with E-state index in [9.17, 15) is 4.79 Å². The Hall–Kier alpha value is -2.03. The van der Waals surface area contributed by atoms with Gasteiger partial charge in [-0.2, -0.15) is 10.4 Å². The van der Waals surface area contributed by atoms with Gasteiger partial charge in [0.2, 0.25) is 0 Å². The Balaban J connectivity index is 1.91. The van der Waals surface area contributed by atoms with Crippen LogP contribution in [0.15, 0.2) is 6.07 Å². The molecule has 0 aromatic carbocycles. The highest BCUT2D eigenvalue weighted by molar-refractivity contribution is 5.67. The number of nitrogens with one attached hydrogen (secondary N) is 1. The van der Waals surface area contributed by atoms with E-state index in [4.69, 9.17) is 10.00 Å². The Morgan fingerprint density at radius 2 is 2.42 bits per heavy atom. The Labute approximate surface area is 112 Å². The lowest BCUT2D eigenvalue weighted by molar-refractivity contribution is 0.0524. The molecule has 0 fully saturated rings. The van der Waals surface area contributed by atoms with E-state index >= 15 is 0 Å². The summed E-state index contributed by atoms with van der Waals surface area (Å²) in [4.78, 5) is 11.6. The van der Waals surface area contributed by atoms with Crippen LogP contribution in [0.1, 0.15) is 44.5 Å². The van der Waals surface area contributed by atoms with E-state index in [-0.39, 0.29) is 5.92 Å². The third kappa shape index (κ3) is 3.25. The SMILES string of the molecule is CC(C)(C)OC(=O)NCC1CCn2nc(C#N)cc21. The van der Waals surface area contributed by atoms with Gasteiger partial charge in [0.25, 0.3) is 0 Å². The highest BCUT2D eigenvalue weighted by Crippen LogP contribution is 2.27. The van der Waals surface area contributed by atoms with Gasteiger partial charge in [0.15, 0.2) is 5.69 Å². The number of fused-ring (bicyclic) bond motifs is 1. The molecule has 1 atom stereocenters. The van der Waals surface area contributed by atoms with Crippen LogP contribution in [-0.2, 0) is 11.3 Å². The van der Waals surface area contributed by atoms with E-state index < -0.39 is 11.7 Å². The lowest BCUT2D eigenvalue weighted by Crippen LogP contribution is -2.34. The molecular formula is C13H18N4O2. The van der Waals surface area contributed by atoms with Crippen molar-refractivity contribution >= 4 is 6.09 Å². The van der Waals surface area contributed by atoms with Gasteiger partial charge in [-0.15, -0.1) is 0 Å². The quantitative estimate of drug-likeness (QED) is 0.880. The molecule has 102 valence electrons. The van der Waals surface area contributed by atoms with E-state index in [2.05, 4.69) is 10.4 Å².